The summed E-state index contributed by atoms with van der Waals surface area (Å²) in [6.07, 6.45) is 2.39. The van der Waals surface area contributed by atoms with E-state index in [4.69, 9.17) is 4.74 Å². The zero-order chi connectivity index (χ0) is 13.0. The summed E-state index contributed by atoms with van der Waals surface area (Å²) in [5.74, 6) is 0.865. The molecule has 0 saturated carbocycles. The molecule has 2 rings (SSSR count). The Labute approximate surface area is 109 Å². The van der Waals surface area contributed by atoms with Crippen molar-refractivity contribution >= 4 is 5.78 Å². The van der Waals surface area contributed by atoms with E-state index in [1.54, 1.807) is 0 Å². The van der Waals surface area contributed by atoms with Crippen LogP contribution in [0.5, 0.6) is 5.75 Å². The summed E-state index contributed by atoms with van der Waals surface area (Å²) in [4.78, 5) is 14.6. The number of ketones is 1. The second kappa shape index (κ2) is 6.01. The minimum absolute atomic E-state index is 0.160. The van der Waals surface area contributed by atoms with E-state index in [2.05, 4.69) is 11.8 Å². The molecule has 18 heavy (non-hydrogen) atoms. The van der Waals surface area contributed by atoms with Crippen LogP contribution in [0.25, 0.3) is 0 Å². The average molecular weight is 247 g/mol. The Bertz CT molecular complexity index is 417. The molecule has 3 heteroatoms. The Balaban J connectivity index is 2.08. The quantitative estimate of drug-likeness (QED) is 0.749. The van der Waals surface area contributed by atoms with Crippen molar-refractivity contribution in [2.24, 2.45) is 0 Å². The molecule has 98 valence electrons. The van der Waals surface area contributed by atoms with Gasteiger partial charge in [0.1, 0.15) is 5.75 Å². The molecule has 0 radical (unpaired) electrons. The molecule has 1 fully saturated rings. The minimum atomic E-state index is 0.160. The van der Waals surface area contributed by atoms with Gasteiger partial charge >= 0.3 is 0 Å². The van der Waals surface area contributed by atoms with Gasteiger partial charge in [0.05, 0.1) is 18.7 Å². The molecule has 1 atom stereocenters. The van der Waals surface area contributed by atoms with Crippen molar-refractivity contribution in [2.75, 3.05) is 19.7 Å². The number of ether oxygens (including phenoxy) is 1. The first kappa shape index (κ1) is 13.1. The van der Waals surface area contributed by atoms with Gasteiger partial charge in [0.15, 0.2) is 5.78 Å². The third kappa shape index (κ3) is 2.91. The van der Waals surface area contributed by atoms with E-state index < -0.39 is 0 Å². The van der Waals surface area contributed by atoms with Gasteiger partial charge in [0.25, 0.3) is 0 Å². The number of benzene rings is 1. The van der Waals surface area contributed by atoms with E-state index in [0.717, 1.165) is 6.54 Å². The summed E-state index contributed by atoms with van der Waals surface area (Å²) in [7, 11) is 0. The lowest BCUT2D eigenvalue weighted by Crippen LogP contribution is -2.32. The fourth-order valence-corrected chi connectivity index (χ4v) is 2.48. The SMILES string of the molecule is CCOc1ccccc1C(=O)CN1CCCC1C. The molecule has 1 aromatic carbocycles. The molecule has 0 N–H and O–H groups in total. The van der Waals surface area contributed by atoms with Crippen LogP contribution >= 0.6 is 0 Å². The van der Waals surface area contributed by atoms with Gasteiger partial charge in [-0.1, -0.05) is 12.1 Å². The number of rotatable bonds is 5. The van der Waals surface area contributed by atoms with Crippen molar-refractivity contribution in [1.82, 2.24) is 4.90 Å². The topological polar surface area (TPSA) is 29.5 Å². The standard InChI is InChI=1S/C15H21NO2/c1-3-18-15-9-5-4-8-13(15)14(17)11-16-10-6-7-12(16)2/h4-5,8-9,12H,3,6-7,10-11H2,1-2H3. The minimum Gasteiger partial charge on any atom is -0.493 e. The monoisotopic (exact) mass is 247 g/mol. The lowest BCUT2D eigenvalue weighted by atomic mass is 10.1. The van der Waals surface area contributed by atoms with Gasteiger partial charge < -0.3 is 4.74 Å². The molecule has 1 saturated heterocycles. The molecule has 1 aliphatic heterocycles. The average Bonchev–Trinajstić information content (AvgIpc) is 2.76. The largest absolute Gasteiger partial charge is 0.493 e. The molecule has 1 aromatic rings. The van der Waals surface area contributed by atoms with Gasteiger partial charge in [-0.3, -0.25) is 9.69 Å². The second-order valence-corrected chi connectivity index (χ2v) is 4.81. The zero-order valence-electron chi connectivity index (χ0n) is 11.2. The van der Waals surface area contributed by atoms with Gasteiger partial charge in [-0.15, -0.1) is 0 Å². The van der Waals surface area contributed by atoms with E-state index in [9.17, 15) is 4.79 Å². The van der Waals surface area contributed by atoms with E-state index in [-0.39, 0.29) is 5.78 Å². The molecule has 0 aliphatic carbocycles. The summed E-state index contributed by atoms with van der Waals surface area (Å²) in [6.45, 7) is 6.25. The van der Waals surface area contributed by atoms with E-state index in [1.165, 1.54) is 12.8 Å². The van der Waals surface area contributed by atoms with Crippen LogP contribution in [0.3, 0.4) is 0 Å². The highest BCUT2D eigenvalue weighted by Crippen LogP contribution is 2.21. The highest BCUT2D eigenvalue weighted by Gasteiger charge is 2.23. The van der Waals surface area contributed by atoms with Crippen molar-refractivity contribution in [2.45, 2.75) is 32.7 Å². The maximum absolute atomic E-state index is 12.3. The second-order valence-electron chi connectivity index (χ2n) is 4.81. The third-order valence-corrected chi connectivity index (χ3v) is 3.52. The Morgan fingerprint density at radius 3 is 2.89 bits per heavy atom. The molecule has 1 unspecified atom stereocenters. The summed E-state index contributed by atoms with van der Waals surface area (Å²) in [6, 6.07) is 8.04. The molecule has 1 heterocycles. The number of Topliss-reactive ketones (excluding diaryl/α,β-unsaturated/α-hetero) is 1. The molecule has 0 bridgehead atoms. The van der Waals surface area contributed by atoms with Crippen LogP contribution in [0.15, 0.2) is 24.3 Å². The van der Waals surface area contributed by atoms with Gasteiger partial charge in [-0.25, -0.2) is 0 Å². The Kier molecular flexibility index (Phi) is 4.37. The Morgan fingerprint density at radius 2 is 2.22 bits per heavy atom. The summed E-state index contributed by atoms with van der Waals surface area (Å²) >= 11 is 0. The highest BCUT2D eigenvalue weighted by atomic mass is 16.5. The number of carbonyl (C=O) groups is 1. The molecular weight excluding hydrogens is 226 g/mol. The summed E-state index contributed by atoms with van der Waals surface area (Å²) in [5.41, 5.74) is 0.707. The van der Waals surface area contributed by atoms with Crippen molar-refractivity contribution in [1.29, 1.82) is 0 Å². The normalized spacial score (nSPS) is 20.0. The van der Waals surface area contributed by atoms with Crippen LogP contribution in [0.1, 0.15) is 37.0 Å². The predicted octanol–water partition coefficient (Wildman–Crippen LogP) is 2.75. The van der Waals surface area contributed by atoms with Crippen LogP contribution in [-0.2, 0) is 0 Å². The number of hydrogen-bond acceptors (Lipinski definition) is 3. The number of carbonyl (C=O) groups excluding carboxylic acids is 1. The van der Waals surface area contributed by atoms with Gasteiger partial charge in [-0.2, -0.15) is 0 Å². The maximum atomic E-state index is 12.3. The van der Waals surface area contributed by atoms with Crippen LogP contribution in [0, 0.1) is 0 Å². The first-order chi connectivity index (χ1) is 8.72. The van der Waals surface area contributed by atoms with Gasteiger partial charge in [0.2, 0.25) is 0 Å². The lowest BCUT2D eigenvalue weighted by molar-refractivity contribution is 0.0922. The van der Waals surface area contributed by atoms with Crippen molar-refractivity contribution < 1.29 is 9.53 Å². The van der Waals surface area contributed by atoms with Crippen LogP contribution in [0.2, 0.25) is 0 Å². The van der Waals surface area contributed by atoms with Gasteiger partial charge in [0, 0.05) is 6.04 Å². The van der Waals surface area contributed by atoms with Gasteiger partial charge in [-0.05, 0) is 45.4 Å². The fraction of sp³-hybridized carbons (Fsp3) is 0.533. The number of nitrogens with zero attached hydrogens (tertiary/aromatic N) is 1. The summed E-state index contributed by atoms with van der Waals surface area (Å²) in [5, 5.41) is 0. The van der Waals surface area contributed by atoms with Crippen molar-refractivity contribution in [3.63, 3.8) is 0 Å². The lowest BCUT2D eigenvalue weighted by Gasteiger charge is -2.20. The predicted molar refractivity (Wildman–Crippen MR) is 72.2 cm³/mol. The van der Waals surface area contributed by atoms with Crippen LogP contribution in [-0.4, -0.2) is 36.4 Å². The van der Waals surface area contributed by atoms with E-state index in [0.29, 0.717) is 30.5 Å². The van der Waals surface area contributed by atoms with E-state index >= 15 is 0 Å². The molecule has 3 nitrogen and oxygen atoms in total. The van der Waals surface area contributed by atoms with E-state index in [1.807, 2.05) is 31.2 Å². The Morgan fingerprint density at radius 1 is 1.44 bits per heavy atom. The maximum Gasteiger partial charge on any atom is 0.180 e. The molecule has 1 aliphatic rings. The van der Waals surface area contributed by atoms with Crippen LogP contribution in [0.4, 0.5) is 0 Å². The van der Waals surface area contributed by atoms with Crippen molar-refractivity contribution in [3.05, 3.63) is 29.8 Å². The number of hydrogen-bond donors (Lipinski definition) is 0. The highest BCUT2D eigenvalue weighted by molar-refractivity contribution is 6.00. The molecule has 0 amide bonds. The van der Waals surface area contributed by atoms with Crippen molar-refractivity contribution in [3.8, 4) is 5.75 Å². The smallest absolute Gasteiger partial charge is 0.180 e. The van der Waals surface area contributed by atoms with Crippen LogP contribution < -0.4 is 4.74 Å². The third-order valence-electron chi connectivity index (χ3n) is 3.52. The Hall–Kier alpha value is -1.35. The fourth-order valence-electron chi connectivity index (χ4n) is 2.48. The summed E-state index contributed by atoms with van der Waals surface area (Å²) < 4.78 is 5.51. The molecule has 0 spiro atoms. The first-order valence-corrected chi connectivity index (χ1v) is 6.71. The number of para-hydroxylation sites is 1. The number of likely N-dealkylation sites (tertiary alicyclic amines) is 1. The molecule has 0 aromatic heterocycles. The molecular formula is C15H21NO2. The zero-order valence-corrected chi connectivity index (χ0v) is 11.2. The first-order valence-electron chi connectivity index (χ1n) is 6.71.